The van der Waals surface area contributed by atoms with Crippen LogP contribution >= 0.6 is 11.6 Å². The summed E-state index contributed by atoms with van der Waals surface area (Å²) in [6, 6.07) is 2.78. The van der Waals surface area contributed by atoms with E-state index in [2.05, 4.69) is 14.6 Å². The molecule has 100 valence electrons. The molecule has 1 aromatic heterocycles. The molecule has 7 heteroatoms. The van der Waals surface area contributed by atoms with Gasteiger partial charge in [-0.3, -0.25) is 0 Å². The van der Waals surface area contributed by atoms with E-state index in [-0.39, 0.29) is 10.0 Å². The summed E-state index contributed by atoms with van der Waals surface area (Å²) in [4.78, 5) is 6.17. The summed E-state index contributed by atoms with van der Waals surface area (Å²) in [5, 5.41) is 0.178. The molecule has 1 aliphatic rings. The van der Waals surface area contributed by atoms with E-state index in [1.54, 1.807) is 0 Å². The lowest BCUT2D eigenvalue weighted by Crippen LogP contribution is -2.33. The van der Waals surface area contributed by atoms with Crippen LogP contribution in [0.2, 0.25) is 5.15 Å². The number of aromatic nitrogens is 1. The van der Waals surface area contributed by atoms with Crippen molar-refractivity contribution in [3.05, 3.63) is 23.5 Å². The minimum atomic E-state index is -3.48. The van der Waals surface area contributed by atoms with Crippen LogP contribution in [-0.4, -0.2) is 44.5 Å². The van der Waals surface area contributed by atoms with Gasteiger partial charge in [-0.1, -0.05) is 11.6 Å². The Labute approximate surface area is 112 Å². The number of rotatable bonds is 5. The van der Waals surface area contributed by atoms with Gasteiger partial charge in [-0.05, 0) is 38.1 Å². The fourth-order valence-electron chi connectivity index (χ4n) is 1.98. The van der Waals surface area contributed by atoms with Crippen LogP contribution < -0.4 is 4.72 Å². The smallest absolute Gasteiger partial charge is 0.240 e. The van der Waals surface area contributed by atoms with E-state index in [0.717, 1.165) is 19.6 Å². The molecule has 1 N–H and O–H groups in total. The lowest BCUT2D eigenvalue weighted by atomic mass is 10.4. The fourth-order valence-corrected chi connectivity index (χ4v) is 3.25. The van der Waals surface area contributed by atoms with Crippen molar-refractivity contribution in [2.45, 2.75) is 17.7 Å². The number of hydrogen-bond acceptors (Lipinski definition) is 4. The number of sulfonamides is 1. The van der Waals surface area contributed by atoms with Crippen molar-refractivity contribution < 1.29 is 8.42 Å². The number of nitrogens with one attached hydrogen (secondary N) is 1. The summed E-state index contributed by atoms with van der Waals surface area (Å²) >= 11 is 5.68. The van der Waals surface area contributed by atoms with Gasteiger partial charge in [0.2, 0.25) is 10.0 Å². The zero-order valence-corrected chi connectivity index (χ0v) is 11.5. The number of halogens is 1. The molecule has 1 saturated heterocycles. The maximum Gasteiger partial charge on any atom is 0.240 e. The van der Waals surface area contributed by atoms with E-state index < -0.39 is 10.0 Å². The number of likely N-dealkylation sites (tertiary alicyclic amines) is 1. The highest BCUT2D eigenvalue weighted by atomic mass is 35.5. The van der Waals surface area contributed by atoms with E-state index >= 15 is 0 Å². The van der Waals surface area contributed by atoms with E-state index in [9.17, 15) is 8.42 Å². The van der Waals surface area contributed by atoms with Crippen LogP contribution in [0.15, 0.2) is 23.2 Å². The van der Waals surface area contributed by atoms with Gasteiger partial charge >= 0.3 is 0 Å². The Kier molecular flexibility index (Phi) is 4.55. The molecule has 0 aromatic carbocycles. The average molecular weight is 290 g/mol. The molecule has 1 aliphatic heterocycles. The molecule has 0 atom stereocenters. The topological polar surface area (TPSA) is 62.3 Å². The third-order valence-electron chi connectivity index (χ3n) is 2.93. The van der Waals surface area contributed by atoms with Gasteiger partial charge in [0, 0.05) is 19.3 Å². The first-order valence-electron chi connectivity index (χ1n) is 5.91. The predicted molar refractivity (Wildman–Crippen MR) is 70.1 cm³/mol. The summed E-state index contributed by atoms with van der Waals surface area (Å²) < 4.78 is 26.5. The Balaban J connectivity index is 1.90. The number of nitrogens with zero attached hydrogens (tertiary/aromatic N) is 2. The van der Waals surface area contributed by atoms with Gasteiger partial charge < -0.3 is 4.90 Å². The molecule has 2 rings (SSSR count). The highest BCUT2D eigenvalue weighted by molar-refractivity contribution is 7.89. The quantitative estimate of drug-likeness (QED) is 0.825. The van der Waals surface area contributed by atoms with E-state index in [0.29, 0.717) is 6.54 Å². The highest BCUT2D eigenvalue weighted by Gasteiger charge is 2.16. The highest BCUT2D eigenvalue weighted by Crippen LogP contribution is 2.12. The molecule has 1 fully saturated rings. The third-order valence-corrected chi connectivity index (χ3v) is 4.59. The van der Waals surface area contributed by atoms with Gasteiger partial charge in [0.15, 0.2) is 0 Å². The standard InChI is InChI=1S/C11H16ClN3O2S/c12-11-9-10(3-4-13-11)18(16,17)14-5-8-15-6-1-2-7-15/h3-4,9,14H,1-2,5-8H2. The van der Waals surface area contributed by atoms with E-state index in [4.69, 9.17) is 11.6 Å². The van der Waals surface area contributed by atoms with Crippen molar-refractivity contribution in [1.29, 1.82) is 0 Å². The van der Waals surface area contributed by atoms with Crippen molar-refractivity contribution in [3.63, 3.8) is 0 Å². The Bertz CT molecular complexity index is 501. The molecule has 2 heterocycles. The molecule has 0 aliphatic carbocycles. The van der Waals surface area contributed by atoms with Gasteiger partial charge in [-0.15, -0.1) is 0 Å². The fraction of sp³-hybridized carbons (Fsp3) is 0.545. The minimum absolute atomic E-state index is 0.156. The molecular weight excluding hydrogens is 274 g/mol. The van der Waals surface area contributed by atoms with E-state index in [1.165, 1.54) is 31.2 Å². The van der Waals surface area contributed by atoms with Crippen LogP contribution in [0, 0.1) is 0 Å². The molecule has 5 nitrogen and oxygen atoms in total. The molecule has 18 heavy (non-hydrogen) atoms. The van der Waals surface area contributed by atoms with Crippen LogP contribution in [0.25, 0.3) is 0 Å². The second kappa shape index (κ2) is 5.97. The van der Waals surface area contributed by atoms with Gasteiger partial charge in [-0.2, -0.15) is 0 Å². The molecule has 0 spiro atoms. The SMILES string of the molecule is O=S(=O)(NCCN1CCCC1)c1ccnc(Cl)c1. The lowest BCUT2D eigenvalue weighted by Gasteiger charge is -2.14. The molecule has 0 amide bonds. The monoisotopic (exact) mass is 289 g/mol. The Morgan fingerprint density at radius 1 is 1.39 bits per heavy atom. The van der Waals surface area contributed by atoms with Crippen LogP contribution in [0.1, 0.15) is 12.8 Å². The minimum Gasteiger partial charge on any atom is -0.302 e. The maximum absolute atomic E-state index is 11.9. The van der Waals surface area contributed by atoms with Gasteiger partial charge in [0.05, 0.1) is 4.90 Å². The Hall–Kier alpha value is -0.690. The largest absolute Gasteiger partial charge is 0.302 e. The second-order valence-corrected chi connectivity index (χ2v) is 6.41. The summed E-state index contributed by atoms with van der Waals surface area (Å²) in [6.07, 6.45) is 3.79. The third kappa shape index (κ3) is 3.65. The summed E-state index contributed by atoms with van der Waals surface area (Å²) in [7, 11) is -3.48. The first-order valence-corrected chi connectivity index (χ1v) is 7.78. The van der Waals surface area contributed by atoms with Crippen molar-refractivity contribution in [2.75, 3.05) is 26.2 Å². The van der Waals surface area contributed by atoms with Crippen molar-refractivity contribution in [1.82, 2.24) is 14.6 Å². The molecule has 1 aromatic rings. The first kappa shape index (κ1) is 13.7. The lowest BCUT2D eigenvalue weighted by molar-refractivity contribution is 0.344. The normalized spacial score (nSPS) is 17.2. The van der Waals surface area contributed by atoms with Crippen LogP contribution in [0.3, 0.4) is 0 Å². The number of pyridine rings is 1. The van der Waals surface area contributed by atoms with Gasteiger partial charge in [0.25, 0.3) is 0 Å². The zero-order chi connectivity index (χ0) is 13.0. The van der Waals surface area contributed by atoms with Gasteiger partial charge in [0.1, 0.15) is 5.15 Å². The molecule has 0 bridgehead atoms. The molecule has 0 unspecified atom stereocenters. The number of hydrogen-bond donors (Lipinski definition) is 1. The molecule has 0 saturated carbocycles. The van der Waals surface area contributed by atoms with Crippen LogP contribution in [0.4, 0.5) is 0 Å². The molecule has 0 radical (unpaired) electrons. The van der Waals surface area contributed by atoms with Gasteiger partial charge in [-0.25, -0.2) is 18.1 Å². The summed E-state index contributed by atoms with van der Waals surface area (Å²) in [5.41, 5.74) is 0. The second-order valence-electron chi connectivity index (χ2n) is 4.26. The van der Waals surface area contributed by atoms with Crippen LogP contribution in [0.5, 0.6) is 0 Å². The van der Waals surface area contributed by atoms with Crippen molar-refractivity contribution >= 4 is 21.6 Å². The Morgan fingerprint density at radius 3 is 2.78 bits per heavy atom. The van der Waals surface area contributed by atoms with Crippen molar-refractivity contribution in [3.8, 4) is 0 Å². The first-order chi connectivity index (χ1) is 8.58. The molecular formula is C11H16ClN3O2S. The zero-order valence-electron chi connectivity index (χ0n) is 9.97. The Morgan fingerprint density at radius 2 is 2.11 bits per heavy atom. The predicted octanol–water partition coefficient (Wildman–Crippen LogP) is 1.11. The van der Waals surface area contributed by atoms with Crippen LogP contribution in [-0.2, 0) is 10.0 Å². The summed E-state index contributed by atoms with van der Waals surface area (Å²) in [6.45, 7) is 3.28. The van der Waals surface area contributed by atoms with E-state index in [1.807, 2.05) is 0 Å². The maximum atomic E-state index is 11.9. The average Bonchev–Trinajstić information content (AvgIpc) is 2.82. The summed E-state index contributed by atoms with van der Waals surface area (Å²) in [5.74, 6) is 0. The van der Waals surface area contributed by atoms with Crippen molar-refractivity contribution in [2.24, 2.45) is 0 Å².